The van der Waals surface area contributed by atoms with E-state index in [4.69, 9.17) is 27.8 Å². The van der Waals surface area contributed by atoms with Crippen LogP contribution in [-0.4, -0.2) is 49.2 Å². The van der Waals surface area contributed by atoms with Gasteiger partial charge in [-0.3, -0.25) is 9.05 Å². The molecule has 0 bridgehead atoms. The summed E-state index contributed by atoms with van der Waals surface area (Å²) < 4.78 is 45.7. The van der Waals surface area contributed by atoms with Crippen molar-refractivity contribution < 1.29 is 37.5 Å². The van der Waals surface area contributed by atoms with Crippen molar-refractivity contribution in [2.75, 3.05) is 13.7 Å². The molecule has 9 heteroatoms. The van der Waals surface area contributed by atoms with Gasteiger partial charge in [0, 0.05) is 7.11 Å². The monoisotopic (exact) mass is 360 g/mol. The highest BCUT2D eigenvalue weighted by atomic mass is 31.2. The maximum Gasteiger partial charge on any atom is 0.530 e. The highest BCUT2D eigenvalue weighted by Crippen LogP contribution is 2.53. The van der Waals surface area contributed by atoms with Gasteiger partial charge in [-0.2, -0.15) is 0 Å². The summed E-state index contributed by atoms with van der Waals surface area (Å²) in [6, 6.07) is 8.53. The summed E-state index contributed by atoms with van der Waals surface area (Å²) in [6.45, 7) is 3.12. The van der Waals surface area contributed by atoms with Crippen LogP contribution in [0.15, 0.2) is 30.3 Å². The van der Waals surface area contributed by atoms with Gasteiger partial charge in [0.25, 0.3) is 0 Å². The van der Waals surface area contributed by atoms with Crippen LogP contribution in [-0.2, 0) is 27.8 Å². The van der Waals surface area contributed by atoms with Gasteiger partial charge in [0.1, 0.15) is 24.1 Å². The predicted molar refractivity (Wildman–Crippen MR) is 82.3 cm³/mol. The fraction of sp³-hybridized carbons (Fsp3) is 0.600. The van der Waals surface area contributed by atoms with E-state index in [2.05, 4.69) is 0 Å². The average molecular weight is 360 g/mol. The molecular formula is C15H21O8P. The molecule has 5 atom stereocenters. The maximum atomic E-state index is 12.8. The minimum atomic E-state index is -3.94. The fourth-order valence-electron chi connectivity index (χ4n) is 2.68. The van der Waals surface area contributed by atoms with Gasteiger partial charge in [0.15, 0.2) is 12.1 Å². The minimum Gasteiger partial charge on any atom is -0.404 e. The summed E-state index contributed by atoms with van der Waals surface area (Å²) in [5, 5.41) is 9.49. The van der Waals surface area contributed by atoms with E-state index in [1.807, 2.05) is 0 Å². The summed E-state index contributed by atoms with van der Waals surface area (Å²) >= 11 is 0. The molecule has 8 nitrogen and oxygen atoms in total. The highest BCUT2D eigenvalue weighted by Gasteiger charge is 2.57. The number of para-hydroxylation sites is 1. The predicted octanol–water partition coefficient (Wildman–Crippen LogP) is 2.07. The molecule has 2 aliphatic rings. The van der Waals surface area contributed by atoms with Gasteiger partial charge >= 0.3 is 7.82 Å². The van der Waals surface area contributed by atoms with Crippen molar-refractivity contribution in [1.29, 1.82) is 0 Å². The first-order valence-corrected chi connectivity index (χ1v) is 9.03. The lowest BCUT2D eigenvalue weighted by Gasteiger charge is -2.27. The summed E-state index contributed by atoms with van der Waals surface area (Å²) in [5.74, 6) is -0.531. The van der Waals surface area contributed by atoms with E-state index in [9.17, 15) is 9.67 Å². The van der Waals surface area contributed by atoms with Crippen LogP contribution in [0.4, 0.5) is 0 Å². The van der Waals surface area contributed by atoms with Crippen molar-refractivity contribution in [2.45, 2.75) is 44.2 Å². The number of phosphoric acid groups is 1. The number of aliphatic hydroxyl groups excluding tert-OH is 1. The van der Waals surface area contributed by atoms with Gasteiger partial charge in [-0.15, -0.1) is 0 Å². The first-order valence-electron chi connectivity index (χ1n) is 7.56. The van der Waals surface area contributed by atoms with Crippen molar-refractivity contribution in [3.05, 3.63) is 30.3 Å². The molecule has 2 heterocycles. The van der Waals surface area contributed by atoms with E-state index in [0.29, 0.717) is 5.75 Å². The second-order valence-corrected chi connectivity index (χ2v) is 7.58. The van der Waals surface area contributed by atoms with Gasteiger partial charge in [-0.25, -0.2) is 4.57 Å². The number of hydrogen-bond acceptors (Lipinski definition) is 8. The maximum absolute atomic E-state index is 12.8. The Morgan fingerprint density at radius 1 is 1.25 bits per heavy atom. The van der Waals surface area contributed by atoms with Crippen LogP contribution in [0, 0.1) is 0 Å². The summed E-state index contributed by atoms with van der Waals surface area (Å²) in [4.78, 5) is 0. The zero-order chi connectivity index (χ0) is 17.4. The van der Waals surface area contributed by atoms with E-state index in [1.54, 1.807) is 44.2 Å². The molecule has 24 heavy (non-hydrogen) atoms. The lowest BCUT2D eigenvalue weighted by Crippen LogP contribution is -2.38. The van der Waals surface area contributed by atoms with Crippen molar-refractivity contribution in [3.63, 3.8) is 0 Å². The molecule has 1 N–H and O–H groups in total. The second-order valence-electron chi connectivity index (χ2n) is 5.93. The van der Waals surface area contributed by atoms with Crippen LogP contribution >= 0.6 is 7.82 Å². The molecule has 0 unspecified atom stereocenters. The zero-order valence-corrected chi connectivity index (χ0v) is 14.5. The Kier molecular flexibility index (Phi) is 4.99. The summed E-state index contributed by atoms with van der Waals surface area (Å²) in [5.41, 5.74) is 0. The molecule has 3 rings (SSSR count). The smallest absolute Gasteiger partial charge is 0.404 e. The van der Waals surface area contributed by atoms with Crippen molar-refractivity contribution >= 4 is 7.82 Å². The van der Waals surface area contributed by atoms with E-state index < -0.39 is 38.2 Å². The molecule has 0 spiro atoms. The van der Waals surface area contributed by atoms with Crippen LogP contribution in [0.3, 0.4) is 0 Å². The van der Waals surface area contributed by atoms with Crippen molar-refractivity contribution in [2.24, 2.45) is 0 Å². The van der Waals surface area contributed by atoms with Gasteiger partial charge in [0.05, 0.1) is 6.61 Å². The molecular weight excluding hydrogens is 339 g/mol. The minimum absolute atomic E-state index is 0.336. The third kappa shape index (κ3) is 3.65. The number of hydrogen-bond donors (Lipinski definition) is 1. The number of benzene rings is 1. The van der Waals surface area contributed by atoms with E-state index >= 15 is 0 Å². The van der Waals surface area contributed by atoms with E-state index in [0.717, 1.165) is 0 Å². The van der Waals surface area contributed by atoms with Gasteiger partial charge in [0.2, 0.25) is 0 Å². The number of rotatable bonds is 6. The molecule has 0 amide bonds. The lowest BCUT2D eigenvalue weighted by molar-refractivity contribution is -0.217. The Labute approximate surface area is 140 Å². The second kappa shape index (κ2) is 6.72. The summed E-state index contributed by atoms with van der Waals surface area (Å²) in [7, 11) is -2.72. The third-order valence-corrected chi connectivity index (χ3v) is 5.09. The van der Waals surface area contributed by atoms with Crippen molar-refractivity contribution in [1.82, 2.24) is 0 Å². The Morgan fingerprint density at radius 3 is 2.58 bits per heavy atom. The number of ether oxygens (including phenoxy) is 3. The number of fused-ring (bicyclic) bond motifs is 1. The molecule has 134 valence electrons. The molecule has 1 aromatic carbocycles. The highest BCUT2D eigenvalue weighted by molar-refractivity contribution is 7.48. The molecule has 1 aromatic rings. The quantitative estimate of drug-likeness (QED) is 0.771. The first-order chi connectivity index (χ1) is 11.4. The molecule has 0 aromatic heterocycles. The van der Waals surface area contributed by atoms with Crippen LogP contribution in [0.2, 0.25) is 0 Å². The topological polar surface area (TPSA) is 92.7 Å². The Bertz CT molecular complexity index is 607. The normalized spacial score (nSPS) is 33.8. The standard InChI is InChI=1S/C15H21O8P/c1-15(2)20-13-12(11(9-16)19-14(13)21-15)23-24(17,18-3)22-10-7-5-4-6-8-10/h4-8,11-14,16H,9H2,1-3H3/t11-,12+,13-,14-,24-/m1/s1. The molecule has 0 radical (unpaired) electrons. The van der Waals surface area contributed by atoms with Crippen LogP contribution < -0.4 is 4.52 Å². The SMILES string of the molecule is CO[P@](=O)(Oc1ccccc1)O[C@@H]1[C@H]2OC(C)(C)O[C@H]2O[C@@H]1CO. The Morgan fingerprint density at radius 2 is 1.96 bits per heavy atom. The third-order valence-electron chi connectivity index (χ3n) is 3.70. The first kappa shape index (κ1) is 17.8. The Balaban J connectivity index is 1.77. The molecule has 0 saturated carbocycles. The van der Waals surface area contributed by atoms with Crippen LogP contribution in [0.25, 0.3) is 0 Å². The van der Waals surface area contributed by atoms with Crippen LogP contribution in [0.1, 0.15) is 13.8 Å². The van der Waals surface area contributed by atoms with E-state index in [1.165, 1.54) is 7.11 Å². The fourth-order valence-corrected chi connectivity index (χ4v) is 3.82. The van der Waals surface area contributed by atoms with Gasteiger partial charge in [-0.1, -0.05) is 18.2 Å². The number of phosphoric ester groups is 1. The summed E-state index contributed by atoms with van der Waals surface area (Å²) in [6.07, 6.45) is -3.00. The van der Waals surface area contributed by atoms with Gasteiger partial charge < -0.3 is 23.8 Å². The van der Waals surface area contributed by atoms with E-state index in [-0.39, 0.29) is 6.61 Å². The zero-order valence-electron chi connectivity index (χ0n) is 13.7. The Hall–Kier alpha value is -0.990. The molecule has 2 saturated heterocycles. The van der Waals surface area contributed by atoms with Gasteiger partial charge in [-0.05, 0) is 26.0 Å². The number of aliphatic hydroxyl groups is 1. The largest absolute Gasteiger partial charge is 0.530 e. The molecule has 2 fully saturated rings. The molecule has 2 aliphatic heterocycles. The molecule has 0 aliphatic carbocycles. The van der Waals surface area contributed by atoms with Crippen molar-refractivity contribution in [3.8, 4) is 5.75 Å². The average Bonchev–Trinajstić information content (AvgIpc) is 3.01. The van der Waals surface area contributed by atoms with Crippen LogP contribution in [0.5, 0.6) is 5.75 Å². The lowest BCUT2D eigenvalue weighted by atomic mass is 10.1.